The zero-order valence-corrected chi connectivity index (χ0v) is 13.5. The molecule has 0 spiro atoms. The van der Waals surface area contributed by atoms with Gasteiger partial charge in [0.25, 0.3) is 5.91 Å². The molecule has 116 valence electrons. The van der Waals surface area contributed by atoms with E-state index in [0.717, 1.165) is 36.7 Å². The fraction of sp³-hybridized carbons (Fsp3) is 0.375. The summed E-state index contributed by atoms with van der Waals surface area (Å²) < 4.78 is 10.7. The minimum Gasteiger partial charge on any atom is -0.493 e. The van der Waals surface area contributed by atoms with E-state index in [0.29, 0.717) is 16.4 Å². The van der Waals surface area contributed by atoms with Crippen molar-refractivity contribution in [3.63, 3.8) is 0 Å². The van der Waals surface area contributed by atoms with E-state index in [4.69, 9.17) is 9.47 Å². The Hall–Kier alpha value is -1.95. The highest BCUT2D eigenvalue weighted by Crippen LogP contribution is 2.36. The van der Waals surface area contributed by atoms with Crippen LogP contribution in [0.3, 0.4) is 0 Å². The minimum absolute atomic E-state index is 0.184. The topological polar surface area (TPSA) is 51.1 Å². The summed E-state index contributed by atoms with van der Waals surface area (Å²) in [6.07, 6.45) is 4.15. The summed E-state index contributed by atoms with van der Waals surface area (Å²) in [6.45, 7) is 1.96. The number of benzene rings is 1. The number of hydrogen-bond acceptors (Lipinski definition) is 5. The summed E-state index contributed by atoms with van der Waals surface area (Å²) in [7, 11) is 3.19. The van der Waals surface area contributed by atoms with Crippen LogP contribution in [0.15, 0.2) is 28.1 Å². The Morgan fingerprint density at radius 2 is 2.00 bits per heavy atom. The molecule has 1 aromatic carbocycles. The predicted octanol–water partition coefficient (Wildman–Crippen LogP) is 2.77. The second-order valence-electron chi connectivity index (χ2n) is 5.09. The van der Waals surface area contributed by atoms with Crippen molar-refractivity contribution in [1.82, 2.24) is 4.90 Å². The number of carbonyl (C=O) groups is 1. The first-order valence-corrected chi connectivity index (χ1v) is 8.03. The molecule has 0 radical (unpaired) electrons. The van der Waals surface area contributed by atoms with Crippen LogP contribution in [-0.4, -0.2) is 43.3 Å². The molecule has 5 nitrogen and oxygen atoms in total. The highest BCUT2D eigenvalue weighted by Gasteiger charge is 2.28. The number of carbonyl (C=O) groups excluding carboxylic acids is 1. The van der Waals surface area contributed by atoms with Crippen molar-refractivity contribution in [1.29, 1.82) is 0 Å². The third kappa shape index (κ3) is 2.83. The Morgan fingerprint density at radius 1 is 1.23 bits per heavy atom. The van der Waals surface area contributed by atoms with E-state index in [9.17, 15) is 4.79 Å². The zero-order valence-electron chi connectivity index (χ0n) is 12.7. The molecule has 0 aliphatic carbocycles. The van der Waals surface area contributed by atoms with Crippen LogP contribution in [0.1, 0.15) is 18.4 Å². The van der Waals surface area contributed by atoms with Gasteiger partial charge in [-0.05, 0) is 36.7 Å². The molecule has 6 heteroatoms. The number of aliphatic imine (C=N–C) groups is 1. The van der Waals surface area contributed by atoms with Crippen LogP contribution in [0.4, 0.5) is 0 Å². The number of amides is 1. The third-order valence-corrected chi connectivity index (χ3v) is 4.75. The molecule has 0 saturated carbocycles. The Bertz CT molecular complexity index is 649. The van der Waals surface area contributed by atoms with Crippen LogP contribution in [-0.2, 0) is 4.79 Å². The molecule has 0 aromatic heterocycles. The van der Waals surface area contributed by atoms with E-state index in [1.807, 2.05) is 24.3 Å². The van der Waals surface area contributed by atoms with E-state index in [-0.39, 0.29) is 5.91 Å². The molecule has 0 bridgehead atoms. The summed E-state index contributed by atoms with van der Waals surface area (Å²) >= 11 is 1.43. The fourth-order valence-electron chi connectivity index (χ4n) is 2.61. The summed E-state index contributed by atoms with van der Waals surface area (Å²) in [4.78, 5) is 19.1. The van der Waals surface area contributed by atoms with Gasteiger partial charge in [0.15, 0.2) is 16.7 Å². The summed E-state index contributed by atoms with van der Waals surface area (Å²) in [5, 5.41) is 0.815. The van der Waals surface area contributed by atoms with Gasteiger partial charge >= 0.3 is 0 Å². The van der Waals surface area contributed by atoms with Crippen LogP contribution in [0.25, 0.3) is 6.08 Å². The molecule has 0 atom stereocenters. The number of nitrogens with zero attached hydrogens (tertiary/aromatic N) is 2. The molecule has 0 unspecified atom stereocenters. The fourth-order valence-corrected chi connectivity index (χ4v) is 3.56. The number of thioether (sulfide) groups is 1. The molecule has 0 N–H and O–H groups in total. The van der Waals surface area contributed by atoms with Crippen molar-refractivity contribution in [2.45, 2.75) is 12.8 Å². The van der Waals surface area contributed by atoms with Crippen molar-refractivity contribution < 1.29 is 14.3 Å². The molecule has 3 rings (SSSR count). The Balaban J connectivity index is 1.86. The van der Waals surface area contributed by atoms with Gasteiger partial charge in [-0.2, -0.15) is 4.99 Å². The van der Waals surface area contributed by atoms with Gasteiger partial charge in [-0.1, -0.05) is 12.1 Å². The molecule has 1 fully saturated rings. The smallest absolute Gasteiger partial charge is 0.286 e. The average molecular weight is 318 g/mol. The molecule has 2 aliphatic rings. The molecule has 22 heavy (non-hydrogen) atoms. The maximum absolute atomic E-state index is 12.1. The number of likely N-dealkylation sites (tertiary alicyclic amines) is 1. The lowest BCUT2D eigenvalue weighted by Gasteiger charge is -2.14. The lowest BCUT2D eigenvalue weighted by atomic mass is 10.1. The number of amidine groups is 1. The van der Waals surface area contributed by atoms with Gasteiger partial charge in [0.1, 0.15) is 0 Å². The average Bonchev–Trinajstić information content (AvgIpc) is 3.17. The third-order valence-electron chi connectivity index (χ3n) is 3.71. The maximum Gasteiger partial charge on any atom is 0.286 e. The van der Waals surface area contributed by atoms with Crippen molar-refractivity contribution in [2.24, 2.45) is 4.99 Å². The summed E-state index contributed by atoms with van der Waals surface area (Å²) in [5.41, 5.74) is 0.815. The molecular formula is C16H18N2O3S. The van der Waals surface area contributed by atoms with Gasteiger partial charge in [-0.3, -0.25) is 4.79 Å². The first-order chi connectivity index (χ1) is 10.7. The molecule has 1 aromatic rings. The largest absolute Gasteiger partial charge is 0.493 e. The van der Waals surface area contributed by atoms with Gasteiger partial charge in [0.05, 0.1) is 19.1 Å². The zero-order chi connectivity index (χ0) is 15.5. The first kappa shape index (κ1) is 15.0. The highest BCUT2D eigenvalue weighted by atomic mass is 32.2. The number of rotatable bonds is 3. The number of hydrogen-bond donors (Lipinski definition) is 0. The molecule has 1 saturated heterocycles. The van der Waals surface area contributed by atoms with Gasteiger partial charge in [-0.15, -0.1) is 0 Å². The van der Waals surface area contributed by atoms with Gasteiger partial charge < -0.3 is 14.4 Å². The normalized spacial score (nSPS) is 19.7. The van der Waals surface area contributed by atoms with Crippen LogP contribution < -0.4 is 9.47 Å². The van der Waals surface area contributed by atoms with Crippen LogP contribution in [0, 0.1) is 0 Å². The van der Waals surface area contributed by atoms with E-state index in [2.05, 4.69) is 9.89 Å². The van der Waals surface area contributed by atoms with Crippen LogP contribution in [0.5, 0.6) is 11.5 Å². The van der Waals surface area contributed by atoms with Crippen molar-refractivity contribution in [3.8, 4) is 11.5 Å². The van der Waals surface area contributed by atoms with Crippen LogP contribution in [0.2, 0.25) is 0 Å². The quantitative estimate of drug-likeness (QED) is 0.802. The Kier molecular flexibility index (Phi) is 4.38. The van der Waals surface area contributed by atoms with E-state index >= 15 is 0 Å². The maximum atomic E-state index is 12.1. The standard InChI is InChI=1S/C16H18N2O3S/c1-20-12-7-5-6-11(14(12)21-2)10-13-15(19)17-16(22-13)18-8-3-4-9-18/h5-7,10H,3-4,8-9H2,1-2H3/b13-10+. The number of methoxy groups -OCH3 is 2. The van der Waals surface area contributed by atoms with Crippen molar-refractivity contribution in [2.75, 3.05) is 27.3 Å². The summed E-state index contributed by atoms with van der Waals surface area (Å²) in [6, 6.07) is 5.60. The lowest BCUT2D eigenvalue weighted by molar-refractivity contribution is -0.113. The number of ether oxygens (including phenoxy) is 2. The van der Waals surface area contributed by atoms with E-state index in [1.54, 1.807) is 14.2 Å². The first-order valence-electron chi connectivity index (χ1n) is 7.21. The molecular weight excluding hydrogens is 300 g/mol. The monoisotopic (exact) mass is 318 g/mol. The van der Waals surface area contributed by atoms with Crippen molar-refractivity contribution in [3.05, 3.63) is 28.7 Å². The van der Waals surface area contributed by atoms with E-state index < -0.39 is 0 Å². The van der Waals surface area contributed by atoms with Crippen LogP contribution >= 0.6 is 11.8 Å². The van der Waals surface area contributed by atoms with Crippen molar-refractivity contribution >= 4 is 28.9 Å². The lowest BCUT2D eigenvalue weighted by Crippen LogP contribution is -2.23. The molecule has 2 heterocycles. The summed E-state index contributed by atoms with van der Waals surface area (Å²) in [5.74, 6) is 1.09. The second kappa shape index (κ2) is 6.44. The highest BCUT2D eigenvalue weighted by molar-refractivity contribution is 8.18. The Labute approximate surface area is 134 Å². The predicted molar refractivity (Wildman–Crippen MR) is 88.4 cm³/mol. The van der Waals surface area contributed by atoms with Gasteiger partial charge in [0.2, 0.25) is 0 Å². The Morgan fingerprint density at radius 3 is 2.68 bits per heavy atom. The molecule has 1 amide bonds. The molecule has 2 aliphatic heterocycles. The number of para-hydroxylation sites is 1. The SMILES string of the molecule is COc1cccc(/C=C2/SC(N3CCCC3)=NC2=O)c1OC. The minimum atomic E-state index is -0.184. The van der Waals surface area contributed by atoms with Gasteiger partial charge in [-0.25, -0.2) is 0 Å². The van der Waals surface area contributed by atoms with E-state index in [1.165, 1.54) is 11.8 Å². The van der Waals surface area contributed by atoms with Gasteiger partial charge in [0, 0.05) is 18.7 Å². The second-order valence-corrected chi connectivity index (χ2v) is 6.10.